The van der Waals surface area contributed by atoms with Crippen LogP contribution in [0.2, 0.25) is 0 Å². The van der Waals surface area contributed by atoms with E-state index in [1.807, 2.05) is 13.0 Å². The van der Waals surface area contributed by atoms with E-state index in [-0.39, 0.29) is 17.9 Å². The SMILES string of the molecule is CC#CC(CO)C12CCC[C@H]1[C@@H]1CCC3=CC(=O)CC[C@@H]3[C@H]1CC2. The van der Waals surface area contributed by atoms with Crippen LogP contribution in [-0.2, 0) is 4.79 Å². The van der Waals surface area contributed by atoms with Crippen LogP contribution < -0.4 is 0 Å². The Labute approximate surface area is 146 Å². The number of allylic oxidation sites excluding steroid dienone is 1. The lowest BCUT2D eigenvalue weighted by Gasteiger charge is -2.55. The average Bonchev–Trinajstić information content (AvgIpc) is 3.04. The molecule has 0 amide bonds. The van der Waals surface area contributed by atoms with Crippen molar-refractivity contribution in [1.29, 1.82) is 0 Å². The molecule has 2 heteroatoms. The topological polar surface area (TPSA) is 37.3 Å². The number of ketones is 1. The summed E-state index contributed by atoms with van der Waals surface area (Å²) in [6.07, 6.45) is 12.6. The van der Waals surface area contributed by atoms with E-state index in [1.54, 1.807) is 0 Å². The average molecular weight is 326 g/mol. The molecule has 4 rings (SSSR count). The Morgan fingerprint density at radius 2 is 2.08 bits per heavy atom. The highest BCUT2D eigenvalue weighted by molar-refractivity contribution is 5.91. The second-order valence-corrected chi connectivity index (χ2v) is 8.60. The minimum absolute atomic E-state index is 0.167. The summed E-state index contributed by atoms with van der Waals surface area (Å²) in [7, 11) is 0. The maximum Gasteiger partial charge on any atom is 0.155 e. The lowest BCUT2D eigenvalue weighted by Crippen LogP contribution is -2.49. The van der Waals surface area contributed by atoms with Crippen LogP contribution in [0.5, 0.6) is 0 Å². The minimum atomic E-state index is 0.167. The highest BCUT2D eigenvalue weighted by atomic mass is 16.3. The van der Waals surface area contributed by atoms with Gasteiger partial charge in [0.1, 0.15) is 0 Å². The molecule has 1 N–H and O–H groups in total. The molecular formula is C22H30O2. The van der Waals surface area contributed by atoms with Crippen LogP contribution in [0, 0.1) is 46.8 Å². The van der Waals surface area contributed by atoms with E-state index in [0.717, 1.165) is 37.0 Å². The van der Waals surface area contributed by atoms with Crippen LogP contribution in [0.25, 0.3) is 0 Å². The molecule has 6 atom stereocenters. The van der Waals surface area contributed by atoms with E-state index in [9.17, 15) is 9.90 Å². The maximum atomic E-state index is 11.8. The van der Waals surface area contributed by atoms with Gasteiger partial charge in [-0.1, -0.05) is 17.9 Å². The molecule has 0 aliphatic heterocycles. The van der Waals surface area contributed by atoms with Gasteiger partial charge in [0.25, 0.3) is 0 Å². The Balaban J connectivity index is 1.63. The second kappa shape index (κ2) is 6.34. The fraction of sp³-hybridized carbons (Fsp3) is 0.773. The van der Waals surface area contributed by atoms with E-state index in [0.29, 0.717) is 11.7 Å². The van der Waals surface area contributed by atoms with Gasteiger partial charge in [-0.15, -0.1) is 5.92 Å². The van der Waals surface area contributed by atoms with Crippen molar-refractivity contribution in [2.75, 3.05) is 6.61 Å². The quantitative estimate of drug-likeness (QED) is 0.775. The first kappa shape index (κ1) is 16.4. The van der Waals surface area contributed by atoms with Gasteiger partial charge >= 0.3 is 0 Å². The first-order chi connectivity index (χ1) is 11.7. The summed E-state index contributed by atoms with van der Waals surface area (Å²) in [5.41, 5.74) is 1.73. The monoisotopic (exact) mass is 326 g/mol. The number of rotatable bonds is 2. The van der Waals surface area contributed by atoms with Crippen molar-refractivity contribution in [2.45, 2.75) is 64.7 Å². The van der Waals surface area contributed by atoms with Crippen LogP contribution >= 0.6 is 0 Å². The van der Waals surface area contributed by atoms with E-state index < -0.39 is 0 Å². The van der Waals surface area contributed by atoms with Crippen LogP contribution in [0.3, 0.4) is 0 Å². The normalized spacial score (nSPS) is 42.1. The van der Waals surface area contributed by atoms with Gasteiger partial charge in [-0.05, 0) is 87.0 Å². The van der Waals surface area contributed by atoms with Gasteiger partial charge in [-0.25, -0.2) is 0 Å². The third-order valence-electron chi connectivity index (χ3n) is 7.91. The second-order valence-electron chi connectivity index (χ2n) is 8.60. The molecule has 2 nitrogen and oxygen atoms in total. The van der Waals surface area contributed by atoms with Crippen molar-refractivity contribution in [3.05, 3.63) is 11.6 Å². The number of aliphatic hydroxyl groups is 1. The molecule has 0 bridgehead atoms. The molecule has 0 aromatic rings. The molecule has 0 heterocycles. The van der Waals surface area contributed by atoms with Gasteiger partial charge in [0.15, 0.2) is 5.78 Å². The summed E-state index contributed by atoms with van der Waals surface area (Å²) in [4.78, 5) is 11.8. The predicted octanol–water partition coefficient (Wildman–Crippen LogP) is 4.13. The number of hydrogen-bond donors (Lipinski definition) is 1. The fourth-order valence-electron chi connectivity index (χ4n) is 7.04. The largest absolute Gasteiger partial charge is 0.395 e. The molecule has 0 saturated heterocycles. The van der Waals surface area contributed by atoms with Crippen molar-refractivity contribution < 1.29 is 9.90 Å². The highest BCUT2D eigenvalue weighted by Gasteiger charge is 2.56. The maximum absolute atomic E-state index is 11.8. The zero-order chi connectivity index (χ0) is 16.7. The van der Waals surface area contributed by atoms with Gasteiger partial charge in [-0.2, -0.15) is 0 Å². The summed E-state index contributed by atoms with van der Waals surface area (Å²) < 4.78 is 0. The highest BCUT2D eigenvalue weighted by Crippen LogP contribution is 2.64. The van der Waals surface area contributed by atoms with E-state index in [4.69, 9.17) is 0 Å². The van der Waals surface area contributed by atoms with Crippen molar-refractivity contribution in [2.24, 2.45) is 35.0 Å². The van der Waals surface area contributed by atoms with Gasteiger partial charge in [0.2, 0.25) is 0 Å². The predicted molar refractivity (Wildman–Crippen MR) is 95.1 cm³/mol. The number of fused-ring (bicyclic) bond motifs is 5. The van der Waals surface area contributed by atoms with Gasteiger partial charge < -0.3 is 5.11 Å². The van der Waals surface area contributed by atoms with Gasteiger partial charge in [0, 0.05) is 12.3 Å². The molecular weight excluding hydrogens is 296 g/mol. The third kappa shape index (κ3) is 2.39. The van der Waals surface area contributed by atoms with Crippen LogP contribution in [0.1, 0.15) is 64.7 Å². The number of carbonyl (C=O) groups is 1. The van der Waals surface area contributed by atoms with Crippen molar-refractivity contribution >= 4 is 5.78 Å². The number of hydrogen-bond acceptors (Lipinski definition) is 2. The molecule has 24 heavy (non-hydrogen) atoms. The van der Waals surface area contributed by atoms with E-state index in [1.165, 1.54) is 44.1 Å². The standard InChI is InChI=1S/C22H30O2/c1-2-4-16(14-23)22-11-3-5-21(22)20-8-6-15-13-17(24)7-9-18(15)19(20)10-12-22/h13,16,18-21,23H,3,5-12,14H2,1H3/t16?,18-,19+,20+,21-,22?/m0/s1. The molecule has 0 aromatic heterocycles. The molecule has 0 spiro atoms. The summed E-state index contributed by atoms with van der Waals surface area (Å²) >= 11 is 0. The Morgan fingerprint density at radius 1 is 1.21 bits per heavy atom. The summed E-state index contributed by atoms with van der Waals surface area (Å²) in [6, 6.07) is 0. The zero-order valence-corrected chi connectivity index (χ0v) is 14.9. The summed E-state index contributed by atoms with van der Waals surface area (Å²) in [5.74, 6) is 9.96. The lowest BCUT2D eigenvalue weighted by molar-refractivity contribution is -0.116. The van der Waals surface area contributed by atoms with Crippen molar-refractivity contribution in [3.63, 3.8) is 0 Å². The molecule has 4 aliphatic rings. The van der Waals surface area contributed by atoms with Gasteiger partial charge in [0.05, 0.1) is 6.61 Å². The molecule has 4 aliphatic carbocycles. The molecule has 130 valence electrons. The number of carbonyl (C=O) groups excluding carboxylic acids is 1. The number of aliphatic hydroxyl groups excluding tert-OH is 1. The van der Waals surface area contributed by atoms with Crippen molar-refractivity contribution in [1.82, 2.24) is 0 Å². The van der Waals surface area contributed by atoms with Crippen LogP contribution in [-0.4, -0.2) is 17.5 Å². The fourth-order valence-corrected chi connectivity index (χ4v) is 7.04. The Bertz CT molecular complexity index is 607. The molecule has 2 unspecified atom stereocenters. The molecule has 0 aromatic carbocycles. The lowest BCUT2D eigenvalue weighted by atomic mass is 9.49. The Hall–Kier alpha value is -1.07. The van der Waals surface area contributed by atoms with Crippen molar-refractivity contribution in [3.8, 4) is 11.8 Å². The molecule has 3 fully saturated rings. The Kier molecular flexibility index (Phi) is 4.33. The van der Waals surface area contributed by atoms with Gasteiger partial charge in [-0.3, -0.25) is 4.79 Å². The molecule has 0 radical (unpaired) electrons. The van der Waals surface area contributed by atoms with E-state index in [2.05, 4.69) is 11.8 Å². The summed E-state index contributed by atoms with van der Waals surface area (Å²) in [5, 5.41) is 10.0. The minimum Gasteiger partial charge on any atom is -0.395 e. The third-order valence-corrected chi connectivity index (χ3v) is 7.91. The first-order valence-corrected chi connectivity index (χ1v) is 9.96. The van der Waals surface area contributed by atoms with Crippen LogP contribution in [0.4, 0.5) is 0 Å². The zero-order valence-electron chi connectivity index (χ0n) is 14.9. The van der Waals surface area contributed by atoms with E-state index >= 15 is 0 Å². The summed E-state index contributed by atoms with van der Waals surface area (Å²) in [6.45, 7) is 2.13. The Morgan fingerprint density at radius 3 is 2.88 bits per heavy atom. The first-order valence-electron chi connectivity index (χ1n) is 9.96. The van der Waals surface area contributed by atoms with Crippen LogP contribution in [0.15, 0.2) is 11.6 Å². The molecule has 3 saturated carbocycles. The smallest absolute Gasteiger partial charge is 0.155 e.